The number of nitrogens with two attached hydrogens (primary N) is 1. The molecule has 3 rings (SSSR count). The largest absolute Gasteiger partial charge is 0.390 e. The summed E-state index contributed by atoms with van der Waals surface area (Å²) in [5.74, 6) is -0.827. The Morgan fingerprint density at radius 3 is 2.88 bits per heavy atom. The van der Waals surface area contributed by atoms with Gasteiger partial charge in [-0.2, -0.15) is 0 Å². The van der Waals surface area contributed by atoms with E-state index in [9.17, 15) is 14.4 Å². The number of aromatic nitrogens is 1. The molecule has 7 N–H and O–H groups in total. The van der Waals surface area contributed by atoms with Crippen molar-refractivity contribution in [2.75, 3.05) is 13.1 Å². The predicted octanol–water partition coefficient (Wildman–Crippen LogP) is -1.11. The number of carbonyl (C=O) groups excluding carboxylic acids is 3. The molecule has 0 aromatic carbocycles. The van der Waals surface area contributed by atoms with Gasteiger partial charge < -0.3 is 25.9 Å². The number of hydrogen-bond donors (Lipinski definition) is 6. The number of nitrogens with one attached hydrogen (secondary N) is 5. The molecule has 0 unspecified atom stereocenters. The van der Waals surface area contributed by atoms with Crippen LogP contribution >= 0.6 is 0 Å². The maximum absolute atomic E-state index is 12.1. The number of imide groups is 1. The quantitative estimate of drug-likeness (QED) is 0.251. The van der Waals surface area contributed by atoms with Crippen molar-refractivity contribution in [1.29, 1.82) is 5.41 Å². The SMILES string of the molecule is N=C/C(=C\NCC1CC1)c1cc(C(=O)NC[C@@]2(N)NC(=O)NC2=O)on1. The first-order valence-corrected chi connectivity index (χ1v) is 8.03. The lowest BCUT2D eigenvalue weighted by atomic mass is 10.1. The summed E-state index contributed by atoms with van der Waals surface area (Å²) in [4.78, 5) is 34.9. The second-order valence-electron chi connectivity index (χ2n) is 6.23. The molecule has 1 aliphatic carbocycles. The minimum atomic E-state index is -1.72. The molecule has 1 aromatic heterocycles. The van der Waals surface area contributed by atoms with Crippen molar-refractivity contribution in [3.8, 4) is 0 Å². The van der Waals surface area contributed by atoms with Crippen LogP contribution in [0.15, 0.2) is 16.8 Å². The highest BCUT2D eigenvalue weighted by atomic mass is 16.5. The zero-order valence-electron chi connectivity index (χ0n) is 13.8. The fourth-order valence-corrected chi connectivity index (χ4v) is 2.30. The van der Waals surface area contributed by atoms with Gasteiger partial charge in [0.25, 0.3) is 11.8 Å². The summed E-state index contributed by atoms with van der Waals surface area (Å²) in [5, 5.41) is 21.0. The average molecular weight is 361 g/mol. The molecule has 26 heavy (non-hydrogen) atoms. The van der Waals surface area contributed by atoms with Crippen LogP contribution in [0.3, 0.4) is 0 Å². The normalized spacial score (nSPS) is 22.6. The van der Waals surface area contributed by atoms with Gasteiger partial charge in [0, 0.05) is 30.6 Å². The maximum atomic E-state index is 12.1. The third kappa shape index (κ3) is 3.88. The summed E-state index contributed by atoms with van der Waals surface area (Å²) in [6.45, 7) is 0.505. The molecule has 138 valence electrons. The van der Waals surface area contributed by atoms with Crippen molar-refractivity contribution in [3.05, 3.63) is 23.7 Å². The topological polar surface area (TPSA) is 175 Å². The average Bonchev–Trinajstić information content (AvgIpc) is 3.22. The van der Waals surface area contributed by atoms with Gasteiger partial charge in [0.15, 0.2) is 5.66 Å². The van der Waals surface area contributed by atoms with E-state index in [-0.39, 0.29) is 12.3 Å². The fourth-order valence-electron chi connectivity index (χ4n) is 2.30. The molecule has 11 nitrogen and oxygen atoms in total. The van der Waals surface area contributed by atoms with E-state index >= 15 is 0 Å². The summed E-state index contributed by atoms with van der Waals surface area (Å²) in [7, 11) is 0. The molecule has 1 atom stereocenters. The van der Waals surface area contributed by atoms with Gasteiger partial charge in [-0.25, -0.2) is 4.79 Å². The van der Waals surface area contributed by atoms with E-state index in [2.05, 4.69) is 21.1 Å². The first-order chi connectivity index (χ1) is 12.4. The van der Waals surface area contributed by atoms with Gasteiger partial charge >= 0.3 is 6.03 Å². The first-order valence-electron chi connectivity index (χ1n) is 8.03. The van der Waals surface area contributed by atoms with E-state index in [0.29, 0.717) is 17.2 Å². The van der Waals surface area contributed by atoms with Gasteiger partial charge in [-0.15, -0.1) is 0 Å². The van der Waals surface area contributed by atoms with Crippen LogP contribution in [0.2, 0.25) is 0 Å². The molecular formula is C15H19N7O4. The summed E-state index contributed by atoms with van der Waals surface area (Å²) < 4.78 is 4.98. The Balaban J connectivity index is 1.59. The van der Waals surface area contributed by atoms with E-state index in [1.54, 1.807) is 6.20 Å². The minimum Gasteiger partial charge on any atom is -0.390 e. The molecule has 0 spiro atoms. The van der Waals surface area contributed by atoms with Gasteiger partial charge in [0.05, 0.1) is 6.54 Å². The number of amides is 4. The number of nitrogens with zero attached hydrogens (tertiary/aromatic N) is 1. The van der Waals surface area contributed by atoms with E-state index in [0.717, 1.165) is 12.8 Å². The second-order valence-corrected chi connectivity index (χ2v) is 6.23. The molecule has 2 aliphatic rings. The van der Waals surface area contributed by atoms with Crippen LogP contribution in [0.5, 0.6) is 0 Å². The third-order valence-corrected chi connectivity index (χ3v) is 4.04. The monoisotopic (exact) mass is 361 g/mol. The van der Waals surface area contributed by atoms with Crippen LogP contribution in [0.1, 0.15) is 29.1 Å². The number of carbonyl (C=O) groups is 3. The molecule has 4 amide bonds. The van der Waals surface area contributed by atoms with Crippen molar-refractivity contribution in [3.63, 3.8) is 0 Å². The molecule has 2 fully saturated rings. The highest BCUT2D eigenvalue weighted by Gasteiger charge is 2.43. The van der Waals surface area contributed by atoms with Crippen molar-refractivity contribution >= 4 is 29.6 Å². The van der Waals surface area contributed by atoms with E-state index in [1.807, 2.05) is 5.32 Å². The lowest BCUT2D eigenvalue weighted by molar-refractivity contribution is -0.123. The molecule has 0 bridgehead atoms. The number of hydrogen-bond acceptors (Lipinski definition) is 8. The van der Waals surface area contributed by atoms with Crippen molar-refractivity contribution in [2.45, 2.75) is 18.5 Å². The fraction of sp³-hybridized carbons (Fsp3) is 0.400. The second kappa shape index (κ2) is 6.96. The highest BCUT2D eigenvalue weighted by molar-refractivity contribution is 6.08. The number of allylic oxidation sites excluding steroid dienone is 1. The van der Waals surface area contributed by atoms with Crippen LogP contribution in [-0.4, -0.2) is 48.0 Å². The zero-order valence-corrected chi connectivity index (χ0v) is 13.8. The minimum absolute atomic E-state index is 0.108. The van der Waals surface area contributed by atoms with Crippen LogP contribution in [-0.2, 0) is 4.79 Å². The molecule has 0 radical (unpaired) electrons. The van der Waals surface area contributed by atoms with Crippen LogP contribution < -0.4 is 27.0 Å². The smallest absolute Gasteiger partial charge is 0.323 e. The van der Waals surface area contributed by atoms with Gasteiger partial charge in [-0.1, -0.05) is 5.16 Å². The van der Waals surface area contributed by atoms with E-state index in [1.165, 1.54) is 18.9 Å². The van der Waals surface area contributed by atoms with Gasteiger partial charge in [0.2, 0.25) is 5.76 Å². The Morgan fingerprint density at radius 2 is 2.27 bits per heavy atom. The molecule has 1 saturated carbocycles. The van der Waals surface area contributed by atoms with E-state index < -0.39 is 23.5 Å². The number of urea groups is 1. The zero-order chi connectivity index (χ0) is 18.7. The Kier molecular flexibility index (Phi) is 4.71. The highest BCUT2D eigenvalue weighted by Crippen LogP contribution is 2.27. The Hall–Kier alpha value is -3.21. The molecule has 1 saturated heterocycles. The standard InChI is InChI=1S/C15H19N7O4/c16-4-9(6-18-5-8-1-2-8)10-3-11(26-22-10)12(23)19-7-15(17)13(24)20-14(25)21-15/h3-4,6,8,16,18H,1-2,5,7,17H2,(H,19,23)(H2,20,21,24,25)/b9-6+,16-4?/t15-/m1/s1. The lowest BCUT2D eigenvalue weighted by Gasteiger charge is -2.20. The Bertz CT molecular complexity index is 783. The molecular weight excluding hydrogens is 342 g/mol. The van der Waals surface area contributed by atoms with Gasteiger partial charge in [0.1, 0.15) is 5.69 Å². The summed E-state index contributed by atoms with van der Waals surface area (Å²) in [6.07, 6.45) is 5.16. The molecule has 1 aliphatic heterocycles. The van der Waals surface area contributed by atoms with Crippen LogP contribution in [0.4, 0.5) is 4.79 Å². The van der Waals surface area contributed by atoms with Gasteiger partial charge in [-0.3, -0.25) is 20.6 Å². The van der Waals surface area contributed by atoms with Gasteiger partial charge in [-0.05, 0) is 18.8 Å². The summed E-state index contributed by atoms with van der Waals surface area (Å²) >= 11 is 0. The van der Waals surface area contributed by atoms with Crippen molar-refractivity contribution in [2.24, 2.45) is 11.7 Å². The summed E-state index contributed by atoms with van der Waals surface area (Å²) in [5.41, 5.74) is 4.79. The molecule has 2 heterocycles. The molecule has 11 heteroatoms. The maximum Gasteiger partial charge on any atom is 0.323 e. The Labute approximate surface area is 148 Å². The van der Waals surface area contributed by atoms with Crippen LogP contribution in [0, 0.1) is 11.3 Å². The summed E-state index contributed by atoms with van der Waals surface area (Å²) in [6, 6.07) is 0.648. The molecule has 1 aromatic rings. The van der Waals surface area contributed by atoms with Crippen LogP contribution in [0.25, 0.3) is 5.57 Å². The third-order valence-electron chi connectivity index (χ3n) is 4.04. The number of rotatable bonds is 8. The first kappa shape index (κ1) is 17.6. The van der Waals surface area contributed by atoms with Crippen molar-refractivity contribution in [1.82, 2.24) is 26.4 Å². The predicted molar refractivity (Wildman–Crippen MR) is 89.9 cm³/mol. The lowest BCUT2D eigenvalue weighted by Crippen LogP contribution is -2.62. The Morgan fingerprint density at radius 1 is 1.50 bits per heavy atom. The van der Waals surface area contributed by atoms with E-state index in [4.69, 9.17) is 15.7 Å². The van der Waals surface area contributed by atoms with Crippen molar-refractivity contribution < 1.29 is 18.9 Å².